The molecule has 0 unspecified atom stereocenters. The Bertz CT molecular complexity index is 97.1. The standard InChI is InChI=1S/C7H13BrO/c1-6(2)4-5-7(8)9-3/h5-6H,4H2,1-3H3/b7-5-. The maximum atomic E-state index is 4.88. The summed E-state index contributed by atoms with van der Waals surface area (Å²) < 4.78 is 5.71. The van der Waals surface area contributed by atoms with Gasteiger partial charge in [0, 0.05) is 0 Å². The molecular formula is C7H13BrO. The summed E-state index contributed by atoms with van der Waals surface area (Å²) in [6.07, 6.45) is 3.10. The molecule has 0 N–H and O–H groups in total. The van der Waals surface area contributed by atoms with Crippen molar-refractivity contribution in [3.8, 4) is 0 Å². The van der Waals surface area contributed by atoms with Gasteiger partial charge in [-0.05, 0) is 34.3 Å². The van der Waals surface area contributed by atoms with E-state index in [0.717, 1.165) is 11.1 Å². The molecule has 0 saturated carbocycles. The van der Waals surface area contributed by atoms with Gasteiger partial charge in [0.1, 0.15) is 0 Å². The first-order valence-corrected chi connectivity index (χ1v) is 3.85. The fourth-order valence-corrected chi connectivity index (χ4v) is 0.599. The highest BCUT2D eigenvalue weighted by molar-refractivity contribution is 9.11. The van der Waals surface area contributed by atoms with E-state index >= 15 is 0 Å². The average Bonchev–Trinajstić information content (AvgIpc) is 1.83. The van der Waals surface area contributed by atoms with Gasteiger partial charge in [0.25, 0.3) is 0 Å². The predicted molar refractivity (Wildman–Crippen MR) is 43.5 cm³/mol. The predicted octanol–water partition coefficient (Wildman–Crippen LogP) is 2.92. The molecule has 0 aromatic heterocycles. The SMILES string of the molecule is CO/C(Br)=C\CC(C)C. The molecule has 0 heterocycles. The molecule has 0 amide bonds. The highest BCUT2D eigenvalue weighted by Crippen LogP contribution is 2.09. The van der Waals surface area contributed by atoms with Gasteiger partial charge in [0.15, 0.2) is 4.67 Å². The normalized spacial score (nSPS) is 12.3. The van der Waals surface area contributed by atoms with Crippen LogP contribution in [-0.4, -0.2) is 7.11 Å². The first kappa shape index (κ1) is 9.02. The molecule has 0 aliphatic carbocycles. The van der Waals surface area contributed by atoms with E-state index in [2.05, 4.69) is 29.8 Å². The van der Waals surface area contributed by atoms with Crippen LogP contribution in [0.5, 0.6) is 0 Å². The number of ether oxygens (including phenoxy) is 1. The quantitative estimate of drug-likeness (QED) is 0.626. The molecule has 0 aliphatic rings. The maximum Gasteiger partial charge on any atom is 0.157 e. The van der Waals surface area contributed by atoms with Gasteiger partial charge in [-0.1, -0.05) is 13.8 Å². The molecule has 0 bridgehead atoms. The summed E-state index contributed by atoms with van der Waals surface area (Å²) in [4.78, 5) is 0. The van der Waals surface area contributed by atoms with Gasteiger partial charge >= 0.3 is 0 Å². The summed E-state index contributed by atoms with van der Waals surface area (Å²) in [7, 11) is 1.65. The van der Waals surface area contributed by atoms with Crippen LogP contribution in [0.4, 0.5) is 0 Å². The highest BCUT2D eigenvalue weighted by Gasteiger charge is 1.90. The Morgan fingerprint density at radius 2 is 2.22 bits per heavy atom. The molecule has 0 fully saturated rings. The zero-order chi connectivity index (χ0) is 7.28. The van der Waals surface area contributed by atoms with Crippen LogP contribution in [0.15, 0.2) is 10.7 Å². The minimum atomic E-state index is 0.702. The Morgan fingerprint density at radius 1 is 1.67 bits per heavy atom. The molecule has 0 radical (unpaired) electrons. The lowest BCUT2D eigenvalue weighted by Gasteiger charge is -1.98. The Hall–Kier alpha value is 0.0200. The van der Waals surface area contributed by atoms with Crippen molar-refractivity contribution in [3.63, 3.8) is 0 Å². The molecule has 0 aromatic carbocycles. The monoisotopic (exact) mass is 192 g/mol. The lowest BCUT2D eigenvalue weighted by Crippen LogP contribution is -1.83. The van der Waals surface area contributed by atoms with E-state index in [1.54, 1.807) is 7.11 Å². The molecule has 0 atom stereocenters. The van der Waals surface area contributed by atoms with Gasteiger partial charge in [-0.15, -0.1) is 0 Å². The minimum Gasteiger partial charge on any atom is -0.490 e. The van der Waals surface area contributed by atoms with E-state index in [0.29, 0.717) is 5.92 Å². The van der Waals surface area contributed by atoms with Crippen molar-refractivity contribution in [2.24, 2.45) is 5.92 Å². The van der Waals surface area contributed by atoms with E-state index in [9.17, 15) is 0 Å². The van der Waals surface area contributed by atoms with Crippen molar-refractivity contribution < 1.29 is 4.74 Å². The molecule has 1 nitrogen and oxygen atoms in total. The van der Waals surface area contributed by atoms with Gasteiger partial charge in [-0.25, -0.2) is 0 Å². The van der Waals surface area contributed by atoms with Crippen molar-refractivity contribution in [1.82, 2.24) is 0 Å². The Kier molecular flexibility index (Phi) is 4.87. The van der Waals surface area contributed by atoms with Crippen LogP contribution < -0.4 is 0 Å². The summed E-state index contributed by atoms with van der Waals surface area (Å²) in [5.74, 6) is 0.702. The van der Waals surface area contributed by atoms with E-state index in [-0.39, 0.29) is 0 Å². The first-order chi connectivity index (χ1) is 4.16. The van der Waals surface area contributed by atoms with Crippen molar-refractivity contribution in [1.29, 1.82) is 0 Å². The molecule has 0 spiro atoms. The van der Waals surface area contributed by atoms with Crippen LogP contribution >= 0.6 is 15.9 Å². The fraction of sp³-hybridized carbons (Fsp3) is 0.714. The molecule has 0 rings (SSSR count). The van der Waals surface area contributed by atoms with Crippen LogP contribution in [0.2, 0.25) is 0 Å². The molecule has 9 heavy (non-hydrogen) atoms. The molecule has 54 valence electrons. The zero-order valence-corrected chi connectivity index (χ0v) is 7.73. The summed E-state index contributed by atoms with van der Waals surface area (Å²) in [5, 5.41) is 0. The van der Waals surface area contributed by atoms with Crippen molar-refractivity contribution in [2.75, 3.05) is 7.11 Å². The largest absolute Gasteiger partial charge is 0.490 e. The van der Waals surface area contributed by atoms with Crippen LogP contribution in [0.3, 0.4) is 0 Å². The molecule has 2 heteroatoms. The lowest BCUT2D eigenvalue weighted by molar-refractivity contribution is 0.325. The van der Waals surface area contributed by atoms with Gasteiger partial charge < -0.3 is 4.74 Å². The fourth-order valence-electron chi connectivity index (χ4n) is 0.412. The summed E-state index contributed by atoms with van der Waals surface area (Å²) in [5.41, 5.74) is 0. The Morgan fingerprint density at radius 3 is 2.56 bits per heavy atom. The first-order valence-electron chi connectivity index (χ1n) is 3.06. The Balaban J connectivity index is 3.43. The van der Waals surface area contributed by atoms with Gasteiger partial charge in [0.05, 0.1) is 7.11 Å². The summed E-state index contributed by atoms with van der Waals surface area (Å²) in [6, 6.07) is 0. The summed E-state index contributed by atoms with van der Waals surface area (Å²) >= 11 is 3.24. The number of allylic oxidation sites excluding steroid dienone is 1. The Labute approximate surface area is 65.2 Å². The van der Waals surface area contributed by atoms with E-state index in [4.69, 9.17) is 4.74 Å². The maximum absolute atomic E-state index is 4.88. The lowest BCUT2D eigenvalue weighted by atomic mass is 10.1. The second-order valence-electron chi connectivity index (χ2n) is 2.34. The van der Waals surface area contributed by atoms with Crippen molar-refractivity contribution in [3.05, 3.63) is 10.7 Å². The second-order valence-corrected chi connectivity index (χ2v) is 3.12. The van der Waals surface area contributed by atoms with Gasteiger partial charge in [0.2, 0.25) is 0 Å². The highest BCUT2D eigenvalue weighted by atomic mass is 79.9. The van der Waals surface area contributed by atoms with E-state index in [1.165, 1.54) is 0 Å². The summed E-state index contributed by atoms with van der Waals surface area (Å²) in [6.45, 7) is 4.35. The zero-order valence-electron chi connectivity index (χ0n) is 6.15. The third-order valence-corrected chi connectivity index (χ3v) is 1.59. The number of halogens is 1. The van der Waals surface area contributed by atoms with Crippen LogP contribution in [0, 0.1) is 5.92 Å². The molecule has 0 aromatic rings. The number of hydrogen-bond donors (Lipinski definition) is 0. The van der Waals surface area contributed by atoms with Gasteiger partial charge in [-0.3, -0.25) is 0 Å². The number of hydrogen-bond acceptors (Lipinski definition) is 1. The van der Waals surface area contributed by atoms with Gasteiger partial charge in [-0.2, -0.15) is 0 Å². The average molecular weight is 193 g/mol. The molecule has 0 aliphatic heterocycles. The van der Waals surface area contributed by atoms with Crippen LogP contribution in [0.1, 0.15) is 20.3 Å². The number of methoxy groups -OCH3 is 1. The third-order valence-electron chi connectivity index (χ3n) is 0.945. The van der Waals surface area contributed by atoms with Crippen LogP contribution in [0.25, 0.3) is 0 Å². The van der Waals surface area contributed by atoms with Crippen molar-refractivity contribution >= 4 is 15.9 Å². The molecule has 0 saturated heterocycles. The van der Waals surface area contributed by atoms with Crippen molar-refractivity contribution in [2.45, 2.75) is 20.3 Å². The van der Waals surface area contributed by atoms with E-state index < -0.39 is 0 Å². The second kappa shape index (κ2) is 4.86. The number of rotatable bonds is 3. The molecular weight excluding hydrogens is 180 g/mol. The smallest absolute Gasteiger partial charge is 0.157 e. The van der Waals surface area contributed by atoms with Crippen LogP contribution in [-0.2, 0) is 4.74 Å². The van der Waals surface area contributed by atoms with E-state index in [1.807, 2.05) is 6.08 Å². The third kappa shape index (κ3) is 5.90. The minimum absolute atomic E-state index is 0.702. The topological polar surface area (TPSA) is 9.23 Å².